The molecule has 2 rings (SSSR count). The molecule has 7 heteroatoms. The van der Waals surface area contributed by atoms with Crippen LogP contribution >= 0.6 is 0 Å². The van der Waals surface area contributed by atoms with Crippen LogP contribution in [-0.2, 0) is 16.1 Å². The fourth-order valence-electron chi connectivity index (χ4n) is 2.60. The summed E-state index contributed by atoms with van der Waals surface area (Å²) >= 11 is 0. The average Bonchev–Trinajstić information content (AvgIpc) is 2.91. The Morgan fingerprint density at radius 1 is 1.28 bits per heavy atom. The van der Waals surface area contributed by atoms with Crippen molar-refractivity contribution in [2.75, 3.05) is 13.1 Å². The standard InChI is InChI=1S/C18H26N2O5/c1-18(2,3)25-17(23)20-11-15(21)9-14(20)10-19-16(22)24-12-13-7-5-4-6-8-13/h4-8,14-15,21H,9-12H2,1-3H3,(H,19,22)/t14-,15+/m0/s1. The van der Waals surface area contributed by atoms with Gasteiger partial charge >= 0.3 is 12.2 Å². The molecule has 0 spiro atoms. The second-order valence-electron chi connectivity index (χ2n) is 7.12. The largest absolute Gasteiger partial charge is 0.445 e. The number of nitrogens with one attached hydrogen (secondary N) is 1. The minimum Gasteiger partial charge on any atom is -0.445 e. The predicted octanol–water partition coefficient (Wildman–Crippen LogP) is 2.28. The molecule has 1 saturated heterocycles. The van der Waals surface area contributed by atoms with Crippen LogP contribution in [0.2, 0.25) is 0 Å². The number of likely N-dealkylation sites (tertiary alicyclic amines) is 1. The van der Waals surface area contributed by atoms with E-state index in [1.807, 2.05) is 30.3 Å². The van der Waals surface area contributed by atoms with E-state index in [-0.39, 0.29) is 25.7 Å². The molecule has 0 aliphatic carbocycles. The fraction of sp³-hybridized carbons (Fsp3) is 0.556. The van der Waals surface area contributed by atoms with Gasteiger partial charge in [-0.2, -0.15) is 0 Å². The summed E-state index contributed by atoms with van der Waals surface area (Å²) in [6, 6.07) is 9.04. The van der Waals surface area contributed by atoms with Gasteiger partial charge in [-0.1, -0.05) is 30.3 Å². The Bertz CT molecular complexity index is 585. The topological polar surface area (TPSA) is 88.1 Å². The van der Waals surface area contributed by atoms with Gasteiger partial charge in [0, 0.05) is 6.54 Å². The number of carbonyl (C=O) groups is 2. The maximum Gasteiger partial charge on any atom is 0.410 e. The van der Waals surface area contributed by atoms with Crippen molar-refractivity contribution in [3.8, 4) is 0 Å². The van der Waals surface area contributed by atoms with Gasteiger partial charge in [0.25, 0.3) is 0 Å². The van der Waals surface area contributed by atoms with Crippen LogP contribution in [0.1, 0.15) is 32.8 Å². The van der Waals surface area contributed by atoms with Crippen LogP contribution < -0.4 is 5.32 Å². The molecule has 1 aromatic rings. The number of aliphatic hydroxyl groups excluding tert-OH is 1. The molecule has 2 amide bonds. The van der Waals surface area contributed by atoms with Gasteiger partial charge < -0.3 is 24.8 Å². The summed E-state index contributed by atoms with van der Waals surface area (Å²) in [5.74, 6) is 0. The molecule has 1 fully saturated rings. The van der Waals surface area contributed by atoms with Gasteiger partial charge in [0.05, 0.1) is 18.7 Å². The molecule has 25 heavy (non-hydrogen) atoms. The summed E-state index contributed by atoms with van der Waals surface area (Å²) in [7, 11) is 0. The van der Waals surface area contributed by atoms with Crippen LogP contribution in [0.5, 0.6) is 0 Å². The van der Waals surface area contributed by atoms with Crippen molar-refractivity contribution in [2.45, 2.75) is 51.5 Å². The molecular weight excluding hydrogens is 324 g/mol. The molecule has 0 radical (unpaired) electrons. The predicted molar refractivity (Wildman–Crippen MR) is 92.0 cm³/mol. The van der Waals surface area contributed by atoms with Crippen LogP contribution in [0.15, 0.2) is 30.3 Å². The molecule has 0 aromatic heterocycles. The molecule has 7 nitrogen and oxygen atoms in total. The van der Waals surface area contributed by atoms with Crippen molar-refractivity contribution in [3.05, 3.63) is 35.9 Å². The van der Waals surface area contributed by atoms with Gasteiger partial charge in [0.15, 0.2) is 0 Å². The molecular formula is C18H26N2O5. The highest BCUT2D eigenvalue weighted by molar-refractivity contribution is 5.70. The lowest BCUT2D eigenvalue weighted by Gasteiger charge is -2.28. The molecule has 1 aliphatic rings. The number of alkyl carbamates (subject to hydrolysis) is 1. The van der Waals surface area contributed by atoms with Gasteiger partial charge in [-0.3, -0.25) is 0 Å². The zero-order chi connectivity index (χ0) is 18.4. The zero-order valence-corrected chi connectivity index (χ0v) is 14.9. The van der Waals surface area contributed by atoms with Crippen molar-refractivity contribution < 1.29 is 24.2 Å². The number of amides is 2. The number of hydrogen-bond donors (Lipinski definition) is 2. The van der Waals surface area contributed by atoms with E-state index in [4.69, 9.17) is 9.47 Å². The van der Waals surface area contributed by atoms with Crippen LogP contribution in [0.4, 0.5) is 9.59 Å². The van der Waals surface area contributed by atoms with Gasteiger partial charge in [-0.15, -0.1) is 0 Å². The molecule has 2 atom stereocenters. The summed E-state index contributed by atoms with van der Waals surface area (Å²) in [6.45, 7) is 5.92. The number of aliphatic hydroxyl groups is 1. The number of β-amino-alcohol motifs (C(OH)–C–C–N with tert-alkyl or cyclic N) is 1. The van der Waals surface area contributed by atoms with Crippen molar-refractivity contribution in [2.24, 2.45) is 0 Å². The minimum atomic E-state index is -0.625. The summed E-state index contributed by atoms with van der Waals surface area (Å²) in [5.41, 5.74) is 0.279. The molecule has 0 bridgehead atoms. The van der Waals surface area contributed by atoms with E-state index < -0.39 is 23.9 Å². The van der Waals surface area contributed by atoms with E-state index in [2.05, 4.69) is 5.32 Å². The minimum absolute atomic E-state index is 0.176. The number of nitrogens with zero attached hydrogens (tertiary/aromatic N) is 1. The van der Waals surface area contributed by atoms with E-state index in [1.54, 1.807) is 20.8 Å². The monoisotopic (exact) mass is 350 g/mol. The normalized spacial score (nSPS) is 20.2. The lowest BCUT2D eigenvalue weighted by Crippen LogP contribution is -2.45. The number of rotatable bonds is 4. The van der Waals surface area contributed by atoms with E-state index in [0.717, 1.165) is 5.56 Å². The van der Waals surface area contributed by atoms with E-state index in [0.29, 0.717) is 6.42 Å². The molecule has 138 valence electrons. The third-order valence-electron chi connectivity index (χ3n) is 3.72. The Labute approximate surface area is 147 Å². The maximum absolute atomic E-state index is 12.2. The Hall–Kier alpha value is -2.28. The Kier molecular flexibility index (Phi) is 6.25. The van der Waals surface area contributed by atoms with Crippen LogP contribution in [0, 0.1) is 0 Å². The summed E-state index contributed by atoms with van der Waals surface area (Å²) in [5, 5.41) is 12.5. The highest BCUT2D eigenvalue weighted by Gasteiger charge is 2.36. The molecule has 2 N–H and O–H groups in total. The maximum atomic E-state index is 12.2. The number of ether oxygens (including phenoxy) is 2. The second kappa shape index (κ2) is 8.20. The van der Waals surface area contributed by atoms with E-state index in [1.165, 1.54) is 4.90 Å². The van der Waals surface area contributed by atoms with Crippen LogP contribution in [0.25, 0.3) is 0 Å². The molecule has 1 aromatic carbocycles. The number of benzene rings is 1. The quantitative estimate of drug-likeness (QED) is 0.870. The Balaban J connectivity index is 1.81. The molecule has 0 unspecified atom stereocenters. The van der Waals surface area contributed by atoms with Gasteiger partial charge in [-0.25, -0.2) is 9.59 Å². The average molecular weight is 350 g/mol. The fourth-order valence-corrected chi connectivity index (χ4v) is 2.60. The van der Waals surface area contributed by atoms with Gasteiger partial charge in [0.2, 0.25) is 0 Å². The SMILES string of the molecule is CC(C)(C)OC(=O)N1C[C@H](O)C[C@H]1CNC(=O)OCc1ccccc1. The zero-order valence-electron chi connectivity index (χ0n) is 14.9. The number of carbonyl (C=O) groups excluding carboxylic acids is 2. The lowest BCUT2D eigenvalue weighted by atomic mass is 10.2. The third kappa shape index (κ3) is 6.26. The van der Waals surface area contributed by atoms with Crippen molar-refractivity contribution in [3.63, 3.8) is 0 Å². The number of hydrogen-bond acceptors (Lipinski definition) is 5. The summed E-state index contributed by atoms with van der Waals surface area (Å²) in [4.78, 5) is 25.5. The van der Waals surface area contributed by atoms with Crippen LogP contribution in [-0.4, -0.2) is 53.0 Å². The first-order valence-electron chi connectivity index (χ1n) is 8.37. The lowest BCUT2D eigenvalue weighted by molar-refractivity contribution is 0.0206. The molecule has 1 aliphatic heterocycles. The van der Waals surface area contributed by atoms with Gasteiger partial charge in [0.1, 0.15) is 12.2 Å². The second-order valence-corrected chi connectivity index (χ2v) is 7.12. The van der Waals surface area contributed by atoms with E-state index in [9.17, 15) is 14.7 Å². The molecule has 1 heterocycles. The summed E-state index contributed by atoms with van der Waals surface area (Å²) < 4.78 is 10.5. The Morgan fingerprint density at radius 2 is 1.96 bits per heavy atom. The van der Waals surface area contributed by atoms with Crippen LogP contribution in [0.3, 0.4) is 0 Å². The highest BCUT2D eigenvalue weighted by atomic mass is 16.6. The van der Waals surface area contributed by atoms with Gasteiger partial charge in [-0.05, 0) is 32.8 Å². The van der Waals surface area contributed by atoms with Crippen molar-refractivity contribution >= 4 is 12.2 Å². The van der Waals surface area contributed by atoms with Crippen molar-refractivity contribution in [1.82, 2.24) is 10.2 Å². The Morgan fingerprint density at radius 3 is 2.60 bits per heavy atom. The smallest absolute Gasteiger partial charge is 0.410 e. The first kappa shape index (κ1) is 19.1. The molecule has 0 saturated carbocycles. The van der Waals surface area contributed by atoms with Crippen molar-refractivity contribution in [1.29, 1.82) is 0 Å². The van der Waals surface area contributed by atoms with E-state index >= 15 is 0 Å². The third-order valence-corrected chi connectivity index (χ3v) is 3.72. The first-order chi connectivity index (χ1) is 11.7. The highest BCUT2D eigenvalue weighted by Crippen LogP contribution is 2.21. The first-order valence-corrected chi connectivity index (χ1v) is 8.37. The summed E-state index contributed by atoms with van der Waals surface area (Å²) in [6.07, 6.45) is -1.29.